The first-order chi connectivity index (χ1) is 9.52. The molecule has 5 heteroatoms. The second-order valence-electron chi connectivity index (χ2n) is 5.11. The Bertz CT molecular complexity index is 424. The summed E-state index contributed by atoms with van der Waals surface area (Å²) in [5.74, 6) is 1.95. The minimum atomic E-state index is -0.470. The van der Waals surface area contributed by atoms with Crippen LogP contribution in [0.1, 0.15) is 20.3 Å². The average Bonchev–Trinajstić information content (AvgIpc) is 2.42. The van der Waals surface area contributed by atoms with Gasteiger partial charge in [0.05, 0.1) is 12.6 Å². The molecule has 20 heavy (non-hydrogen) atoms. The van der Waals surface area contributed by atoms with Crippen LogP contribution in [0.4, 0.5) is 5.69 Å². The highest BCUT2D eigenvalue weighted by Crippen LogP contribution is 2.18. The fourth-order valence-electron chi connectivity index (χ4n) is 1.54. The van der Waals surface area contributed by atoms with Gasteiger partial charge in [0, 0.05) is 11.8 Å². The largest absolute Gasteiger partial charge is 0.493 e. The normalized spacial score (nSPS) is 12.2. The molecule has 1 aromatic carbocycles. The van der Waals surface area contributed by atoms with Gasteiger partial charge in [-0.1, -0.05) is 19.9 Å². The summed E-state index contributed by atoms with van der Waals surface area (Å²) in [4.78, 5) is 11.9. The summed E-state index contributed by atoms with van der Waals surface area (Å²) < 4.78 is 5.63. The number of carbonyl (C=O) groups excluding carboxylic acids is 1. The van der Waals surface area contributed by atoms with Crippen molar-refractivity contribution in [1.82, 2.24) is 0 Å². The molecule has 112 valence electrons. The van der Waals surface area contributed by atoms with Crippen LogP contribution in [0.25, 0.3) is 0 Å². The van der Waals surface area contributed by atoms with Crippen molar-refractivity contribution in [3.63, 3.8) is 0 Å². The van der Waals surface area contributed by atoms with Crippen LogP contribution in [0.5, 0.6) is 5.75 Å². The molecule has 0 aliphatic carbocycles. The highest BCUT2D eigenvalue weighted by atomic mass is 32.2. The van der Waals surface area contributed by atoms with Gasteiger partial charge in [-0.25, -0.2) is 0 Å². The molecule has 4 nitrogen and oxygen atoms in total. The van der Waals surface area contributed by atoms with Crippen LogP contribution in [0.2, 0.25) is 0 Å². The Balaban J connectivity index is 2.54. The van der Waals surface area contributed by atoms with Crippen molar-refractivity contribution in [2.45, 2.75) is 26.3 Å². The van der Waals surface area contributed by atoms with Gasteiger partial charge in [-0.3, -0.25) is 4.79 Å². The minimum absolute atomic E-state index is 0.153. The highest BCUT2D eigenvalue weighted by Gasteiger charge is 2.13. The number of nitrogens with two attached hydrogens (primary N) is 1. The summed E-state index contributed by atoms with van der Waals surface area (Å²) >= 11 is 1.69. The number of amides is 1. The molecule has 0 spiro atoms. The fraction of sp³-hybridized carbons (Fsp3) is 0.533. The van der Waals surface area contributed by atoms with Gasteiger partial charge >= 0.3 is 0 Å². The lowest BCUT2D eigenvalue weighted by molar-refractivity contribution is -0.117. The smallest absolute Gasteiger partial charge is 0.241 e. The van der Waals surface area contributed by atoms with E-state index < -0.39 is 6.04 Å². The van der Waals surface area contributed by atoms with Crippen molar-refractivity contribution >= 4 is 23.4 Å². The minimum Gasteiger partial charge on any atom is -0.493 e. The first kappa shape index (κ1) is 16.9. The summed E-state index contributed by atoms with van der Waals surface area (Å²) in [6, 6.07) is 6.93. The molecule has 0 unspecified atom stereocenters. The van der Waals surface area contributed by atoms with E-state index >= 15 is 0 Å². The molecule has 0 heterocycles. The predicted octanol–water partition coefficient (Wildman–Crippen LogP) is 2.74. The summed E-state index contributed by atoms with van der Waals surface area (Å²) in [5, 5.41) is 2.83. The van der Waals surface area contributed by atoms with Gasteiger partial charge in [0.15, 0.2) is 0 Å². The molecule has 0 saturated heterocycles. The summed E-state index contributed by atoms with van der Waals surface area (Å²) in [6.07, 6.45) is 2.68. The van der Waals surface area contributed by atoms with E-state index in [1.54, 1.807) is 11.8 Å². The van der Waals surface area contributed by atoms with E-state index in [0.717, 1.165) is 17.2 Å². The Hall–Kier alpha value is -1.20. The number of hydrogen-bond acceptors (Lipinski definition) is 4. The Morgan fingerprint density at radius 3 is 2.85 bits per heavy atom. The number of carbonyl (C=O) groups is 1. The zero-order valence-electron chi connectivity index (χ0n) is 12.4. The van der Waals surface area contributed by atoms with Gasteiger partial charge < -0.3 is 15.8 Å². The van der Waals surface area contributed by atoms with Gasteiger partial charge in [-0.2, -0.15) is 11.8 Å². The maximum atomic E-state index is 11.9. The van der Waals surface area contributed by atoms with Crippen molar-refractivity contribution in [2.75, 3.05) is 23.9 Å². The van der Waals surface area contributed by atoms with Gasteiger partial charge in [-0.05, 0) is 36.5 Å². The van der Waals surface area contributed by atoms with E-state index in [1.165, 1.54) is 0 Å². The standard InChI is InChI=1S/C15H24N2O2S/c1-11(2)10-19-13-6-4-5-12(9-13)17-15(18)14(16)7-8-20-3/h4-6,9,11,14H,7-8,10,16H2,1-3H3,(H,17,18)/t14-/m1/s1. The molecule has 1 amide bonds. The first-order valence-electron chi connectivity index (χ1n) is 6.81. The van der Waals surface area contributed by atoms with Crippen LogP contribution in [0.3, 0.4) is 0 Å². The van der Waals surface area contributed by atoms with E-state index in [-0.39, 0.29) is 5.91 Å². The summed E-state index contributed by atoms with van der Waals surface area (Å²) in [7, 11) is 0. The molecular weight excluding hydrogens is 272 g/mol. The van der Waals surface area contributed by atoms with E-state index in [2.05, 4.69) is 19.2 Å². The van der Waals surface area contributed by atoms with Crippen LogP contribution in [-0.2, 0) is 4.79 Å². The van der Waals surface area contributed by atoms with E-state index in [9.17, 15) is 4.79 Å². The number of anilines is 1. The van der Waals surface area contributed by atoms with E-state index in [0.29, 0.717) is 18.9 Å². The van der Waals surface area contributed by atoms with Crippen LogP contribution in [-0.4, -0.2) is 30.6 Å². The monoisotopic (exact) mass is 296 g/mol. The Morgan fingerprint density at radius 1 is 1.45 bits per heavy atom. The molecule has 0 bridgehead atoms. The molecule has 0 saturated carbocycles. The van der Waals surface area contributed by atoms with Gasteiger partial charge in [0.2, 0.25) is 5.91 Å². The number of nitrogens with one attached hydrogen (secondary N) is 1. The van der Waals surface area contributed by atoms with Crippen molar-refractivity contribution in [1.29, 1.82) is 0 Å². The SMILES string of the molecule is CSCC[C@@H](N)C(=O)Nc1cccc(OCC(C)C)c1. The van der Waals surface area contributed by atoms with Crippen LogP contribution in [0, 0.1) is 5.92 Å². The molecule has 3 N–H and O–H groups in total. The summed E-state index contributed by atoms with van der Waals surface area (Å²) in [6.45, 7) is 4.84. The topological polar surface area (TPSA) is 64.4 Å². The fourth-order valence-corrected chi connectivity index (χ4v) is 2.03. The van der Waals surface area contributed by atoms with Crippen LogP contribution < -0.4 is 15.8 Å². The van der Waals surface area contributed by atoms with Crippen molar-refractivity contribution in [3.8, 4) is 5.75 Å². The summed E-state index contributed by atoms with van der Waals surface area (Å²) in [5.41, 5.74) is 6.55. The molecule has 1 aromatic rings. The molecule has 1 rings (SSSR count). The molecule has 1 atom stereocenters. The van der Waals surface area contributed by atoms with Crippen molar-refractivity contribution in [3.05, 3.63) is 24.3 Å². The highest BCUT2D eigenvalue weighted by molar-refractivity contribution is 7.98. The first-order valence-corrected chi connectivity index (χ1v) is 8.20. The molecule has 0 aromatic heterocycles. The maximum absolute atomic E-state index is 11.9. The van der Waals surface area contributed by atoms with Gasteiger partial charge in [0.1, 0.15) is 5.75 Å². The third kappa shape index (κ3) is 6.30. The second kappa shape index (κ2) is 8.87. The maximum Gasteiger partial charge on any atom is 0.241 e. The van der Waals surface area contributed by atoms with Gasteiger partial charge in [-0.15, -0.1) is 0 Å². The Labute approximate surface area is 125 Å². The van der Waals surface area contributed by atoms with Crippen molar-refractivity contribution < 1.29 is 9.53 Å². The zero-order valence-corrected chi connectivity index (χ0v) is 13.2. The second-order valence-corrected chi connectivity index (χ2v) is 6.10. The number of hydrogen-bond donors (Lipinski definition) is 2. The number of benzene rings is 1. The quantitative estimate of drug-likeness (QED) is 0.774. The predicted molar refractivity (Wildman–Crippen MR) is 86.4 cm³/mol. The molecule has 0 aliphatic heterocycles. The third-order valence-corrected chi connectivity index (χ3v) is 3.30. The number of rotatable bonds is 8. The van der Waals surface area contributed by atoms with E-state index in [4.69, 9.17) is 10.5 Å². The van der Waals surface area contributed by atoms with E-state index in [1.807, 2.05) is 30.5 Å². The van der Waals surface area contributed by atoms with Crippen LogP contribution in [0.15, 0.2) is 24.3 Å². The molecule has 0 fully saturated rings. The molecule has 0 aliphatic rings. The average molecular weight is 296 g/mol. The molecule has 0 radical (unpaired) electrons. The lowest BCUT2D eigenvalue weighted by Gasteiger charge is -2.13. The molecular formula is C15H24N2O2S. The number of ether oxygens (including phenoxy) is 1. The Morgan fingerprint density at radius 2 is 2.20 bits per heavy atom. The number of thioether (sulfide) groups is 1. The third-order valence-electron chi connectivity index (χ3n) is 2.65. The zero-order chi connectivity index (χ0) is 15.0. The lowest BCUT2D eigenvalue weighted by atomic mass is 10.2. The van der Waals surface area contributed by atoms with Crippen molar-refractivity contribution in [2.24, 2.45) is 11.7 Å². The Kier molecular flexibility index (Phi) is 7.47. The van der Waals surface area contributed by atoms with Gasteiger partial charge in [0.25, 0.3) is 0 Å². The van der Waals surface area contributed by atoms with Crippen LogP contribution >= 0.6 is 11.8 Å². The lowest BCUT2D eigenvalue weighted by Crippen LogP contribution is -2.36.